The van der Waals surface area contributed by atoms with Crippen LogP contribution in [0.2, 0.25) is 0 Å². The van der Waals surface area contributed by atoms with E-state index in [4.69, 9.17) is 4.74 Å². The summed E-state index contributed by atoms with van der Waals surface area (Å²) in [6.07, 6.45) is -2.64. The highest BCUT2D eigenvalue weighted by Gasteiger charge is 2.36. The van der Waals surface area contributed by atoms with E-state index in [1.807, 2.05) is 0 Å². The third-order valence-electron chi connectivity index (χ3n) is 4.35. The standard InChI is InChI=1S/C16H14F3N5O2/c1-26-14-10(16(17,18)19)5-9(6-20-14)24-3-2-11-8(7-24)4-12-13(21-11)23-15(25)22-12/h4-6H,2-3,7H2,1H3,(H2,21,22,23,25). The molecule has 4 rings (SSSR count). The van der Waals surface area contributed by atoms with E-state index in [9.17, 15) is 18.0 Å². The predicted molar refractivity (Wildman–Crippen MR) is 87.3 cm³/mol. The van der Waals surface area contributed by atoms with Gasteiger partial charge in [0.25, 0.3) is 0 Å². The highest BCUT2D eigenvalue weighted by Crippen LogP contribution is 2.37. The molecule has 3 aromatic rings. The Morgan fingerprint density at radius 2 is 2.08 bits per heavy atom. The molecular formula is C16H14F3N5O2. The van der Waals surface area contributed by atoms with Crippen LogP contribution < -0.4 is 15.3 Å². The fourth-order valence-corrected chi connectivity index (χ4v) is 3.12. The van der Waals surface area contributed by atoms with Crippen LogP contribution in [0.3, 0.4) is 0 Å². The summed E-state index contributed by atoms with van der Waals surface area (Å²) in [5.41, 5.74) is 1.82. The molecule has 0 unspecified atom stereocenters. The average molecular weight is 365 g/mol. The molecule has 7 nitrogen and oxygen atoms in total. The quantitative estimate of drug-likeness (QED) is 0.727. The molecule has 0 amide bonds. The van der Waals surface area contributed by atoms with Gasteiger partial charge in [-0.05, 0) is 17.7 Å². The summed E-state index contributed by atoms with van der Waals surface area (Å²) < 4.78 is 44.4. The maximum atomic E-state index is 13.2. The lowest BCUT2D eigenvalue weighted by atomic mass is 10.0. The van der Waals surface area contributed by atoms with Crippen molar-refractivity contribution in [1.29, 1.82) is 0 Å². The topological polar surface area (TPSA) is 86.9 Å². The van der Waals surface area contributed by atoms with E-state index < -0.39 is 17.6 Å². The predicted octanol–water partition coefficient (Wildman–Crippen LogP) is 2.24. The normalized spacial score (nSPS) is 14.5. The monoisotopic (exact) mass is 365 g/mol. The Morgan fingerprint density at radius 1 is 1.27 bits per heavy atom. The Labute approximate surface area is 144 Å². The Hall–Kier alpha value is -3.04. The number of alkyl halides is 3. The number of ether oxygens (including phenoxy) is 1. The molecule has 2 N–H and O–H groups in total. The maximum absolute atomic E-state index is 13.2. The number of aromatic amines is 2. The zero-order valence-corrected chi connectivity index (χ0v) is 13.6. The van der Waals surface area contributed by atoms with Crippen molar-refractivity contribution in [3.05, 3.63) is 45.6 Å². The Kier molecular flexibility index (Phi) is 3.63. The van der Waals surface area contributed by atoms with Gasteiger partial charge in [0.2, 0.25) is 5.88 Å². The molecule has 136 valence electrons. The van der Waals surface area contributed by atoms with Gasteiger partial charge in [-0.3, -0.25) is 4.98 Å². The number of nitrogens with zero attached hydrogens (tertiary/aromatic N) is 3. The summed E-state index contributed by atoms with van der Waals surface area (Å²) in [6.45, 7) is 0.863. The smallest absolute Gasteiger partial charge is 0.421 e. The molecule has 3 aromatic heterocycles. The van der Waals surface area contributed by atoms with Gasteiger partial charge >= 0.3 is 11.9 Å². The first-order valence-corrected chi connectivity index (χ1v) is 7.82. The molecule has 4 heterocycles. The van der Waals surface area contributed by atoms with Gasteiger partial charge in [-0.25, -0.2) is 14.8 Å². The number of anilines is 1. The summed E-state index contributed by atoms with van der Waals surface area (Å²) in [4.78, 5) is 26.6. The van der Waals surface area contributed by atoms with Crippen LogP contribution in [0, 0.1) is 0 Å². The Bertz CT molecular complexity index is 1040. The largest absolute Gasteiger partial charge is 0.481 e. The van der Waals surface area contributed by atoms with Crippen LogP contribution in [0.25, 0.3) is 11.2 Å². The first-order chi connectivity index (χ1) is 12.3. The maximum Gasteiger partial charge on any atom is 0.421 e. The van der Waals surface area contributed by atoms with Crippen molar-refractivity contribution >= 4 is 16.9 Å². The van der Waals surface area contributed by atoms with Crippen LogP contribution in [0.4, 0.5) is 18.9 Å². The lowest BCUT2D eigenvalue weighted by Crippen LogP contribution is -2.31. The molecule has 10 heteroatoms. The number of hydrogen-bond acceptors (Lipinski definition) is 5. The van der Waals surface area contributed by atoms with E-state index in [0.717, 1.165) is 24.4 Å². The minimum atomic E-state index is -4.56. The van der Waals surface area contributed by atoms with Gasteiger partial charge in [-0.1, -0.05) is 0 Å². The zero-order chi connectivity index (χ0) is 18.5. The van der Waals surface area contributed by atoms with Crippen molar-refractivity contribution in [3.63, 3.8) is 0 Å². The van der Waals surface area contributed by atoms with Gasteiger partial charge in [-0.15, -0.1) is 0 Å². The Morgan fingerprint density at radius 3 is 2.81 bits per heavy atom. The summed E-state index contributed by atoms with van der Waals surface area (Å²) in [5, 5.41) is 0. The third-order valence-corrected chi connectivity index (χ3v) is 4.35. The fourth-order valence-electron chi connectivity index (χ4n) is 3.12. The van der Waals surface area contributed by atoms with Gasteiger partial charge in [0.15, 0.2) is 5.65 Å². The van der Waals surface area contributed by atoms with E-state index in [0.29, 0.717) is 36.4 Å². The number of fused-ring (bicyclic) bond motifs is 2. The van der Waals surface area contributed by atoms with Crippen molar-refractivity contribution in [2.24, 2.45) is 0 Å². The third kappa shape index (κ3) is 2.76. The van der Waals surface area contributed by atoms with E-state index in [2.05, 4.69) is 19.9 Å². The number of imidazole rings is 1. The molecule has 0 saturated heterocycles. The van der Waals surface area contributed by atoms with Crippen LogP contribution in [0.5, 0.6) is 5.88 Å². The summed E-state index contributed by atoms with van der Waals surface area (Å²) in [5.74, 6) is -0.452. The summed E-state index contributed by atoms with van der Waals surface area (Å²) in [7, 11) is 1.16. The van der Waals surface area contributed by atoms with Gasteiger partial charge in [0.1, 0.15) is 5.56 Å². The second kappa shape index (κ2) is 5.75. The summed E-state index contributed by atoms with van der Waals surface area (Å²) >= 11 is 0. The van der Waals surface area contributed by atoms with Crippen LogP contribution in [-0.2, 0) is 19.1 Å². The van der Waals surface area contributed by atoms with Gasteiger partial charge in [0.05, 0.1) is 24.5 Å². The number of H-pyrrole nitrogens is 2. The van der Waals surface area contributed by atoms with Crippen molar-refractivity contribution in [3.8, 4) is 5.88 Å². The average Bonchev–Trinajstić information content (AvgIpc) is 2.96. The molecule has 0 bridgehead atoms. The lowest BCUT2D eigenvalue weighted by Gasteiger charge is -2.30. The van der Waals surface area contributed by atoms with E-state index in [1.165, 1.54) is 6.20 Å². The molecule has 0 saturated carbocycles. The first-order valence-electron chi connectivity index (χ1n) is 7.82. The number of halogens is 3. The summed E-state index contributed by atoms with van der Waals surface area (Å²) in [6, 6.07) is 2.84. The molecule has 0 aromatic carbocycles. The second-order valence-corrected chi connectivity index (χ2v) is 5.99. The van der Waals surface area contributed by atoms with Gasteiger partial charge < -0.3 is 14.6 Å². The highest BCUT2D eigenvalue weighted by atomic mass is 19.4. The number of aromatic nitrogens is 4. The molecule has 0 aliphatic carbocycles. The second-order valence-electron chi connectivity index (χ2n) is 5.99. The molecule has 0 spiro atoms. The van der Waals surface area contributed by atoms with Gasteiger partial charge in [-0.2, -0.15) is 13.2 Å². The Balaban J connectivity index is 1.70. The number of methoxy groups -OCH3 is 1. The van der Waals surface area contributed by atoms with Gasteiger partial charge in [0, 0.05) is 25.2 Å². The highest BCUT2D eigenvalue weighted by molar-refractivity contribution is 5.71. The number of rotatable bonds is 2. The number of hydrogen-bond donors (Lipinski definition) is 2. The lowest BCUT2D eigenvalue weighted by molar-refractivity contribution is -0.139. The number of nitrogens with one attached hydrogen (secondary N) is 2. The minimum absolute atomic E-state index is 0.346. The molecule has 0 radical (unpaired) electrons. The SMILES string of the molecule is COc1ncc(N2CCc3nc4[nH]c(=O)[nH]c4cc3C2)cc1C(F)(F)F. The fraction of sp³-hybridized carbons (Fsp3) is 0.312. The molecular weight excluding hydrogens is 351 g/mol. The molecule has 26 heavy (non-hydrogen) atoms. The van der Waals surface area contributed by atoms with Crippen LogP contribution in [0.15, 0.2) is 23.1 Å². The van der Waals surface area contributed by atoms with Crippen molar-refractivity contribution < 1.29 is 17.9 Å². The molecule has 1 aliphatic heterocycles. The van der Waals surface area contributed by atoms with E-state index in [1.54, 1.807) is 11.0 Å². The van der Waals surface area contributed by atoms with Crippen molar-refractivity contribution in [2.75, 3.05) is 18.6 Å². The first kappa shape index (κ1) is 16.4. The number of pyridine rings is 2. The molecule has 0 fully saturated rings. The molecule has 0 atom stereocenters. The van der Waals surface area contributed by atoms with E-state index in [-0.39, 0.29) is 5.69 Å². The molecule has 1 aliphatic rings. The van der Waals surface area contributed by atoms with Crippen LogP contribution in [0.1, 0.15) is 16.8 Å². The van der Waals surface area contributed by atoms with Crippen LogP contribution in [-0.4, -0.2) is 33.6 Å². The van der Waals surface area contributed by atoms with Crippen molar-refractivity contribution in [2.45, 2.75) is 19.1 Å². The van der Waals surface area contributed by atoms with Crippen molar-refractivity contribution in [1.82, 2.24) is 19.9 Å². The van der Waals surface area contributed by atoms with E-state index >= 15 is 0 Å². The minimum Gasteiger partial charge on any atom is -0.481 e. The van der Waals surface area contributed by atoms with Crippen LogP contribution >= 0.6 is 0 Å². The zero-order valence-electron chi connectivity index (χ0n) is 13.6.